The minimum atomic E-state index is -4.44. The van der Waals surface area contributed by atoms with Crippen LogP contribution in [0.1, 0.15) is 11.3 Å². The van der Waals surface area contributed by atoms with E-state index in [2.05, 4.69) is 5.10 Å². The van der Waals surface area contributed by atoms with Crippen LogP contribution in [-0.2, 0) is 6.18 Å². The molecule has 13 heavy (non-hydrogen) atoms. The van der Waals surface area contributed by atoms with Crippen LogP contribution >= 0.6 is 0 Å². The third kappa shape index (κ3) is 2.32. The maximum atomic E-state index is 12.1. The molecule has 1 heterocycles. The number of nitrogens with one attached hydrogen (secondary N) is 1. The third-order valence-electron chi connectivity index (χ3n) is 1.35. The van der Waals surface area contributed by atoms with Gasteiger partial charge in [0.15, 0.2) is 0 Å². The zero-order chi connectivity index (χ0) is 9.90. The van der Waals surface area contributed by atoms with Crippen LogP contribution in [0.5, 0.6) is 0 Å². The van der Waals surface area contributed by atoms with E-state index in [9.17, 15) is 13.2 Å². The summed E-state index contributed by atoms with van der Waals surface area (Å²) in [4.78, 5) is 0. The smallest absolute Gasteiger partial charge is 0.392 e. The Hall–Kier alpha value is -1.30. The number of halogens is 3. The molecule has 6 heteroatoms. The zero-order valence-corrected chi connectivity index (χ0v) is 6.47. The molecule has 0 amide bonds. The number of hydrogen-bond acceptors (Lipinski definition) is 2. The number of H-pyrrole nitrogens is 1. The number of alkyl halides is 3. The Morgan fingerprint density at radius 3 is 2.77 bits per heavy atom. The minimum Gasteiger partial charge on any atom is -0.392 e. The second-order valence-corrected chi connectivity index (χ2v) is 2.28. The summed E-state index contributed by atoms with van der Waals surface area (Å²) in [7, 11) is 0. The predicted molar refractivity (Wildman–Crippen MR) is 39.7 cm³/mol. The topological polar surface area (TPSA) is 48.9 Å². The molecule has 0 unspecified atom stereocenters. The van der Waals surface area contributed by atoms with E-state index in [-0.39, 0.29) is 12.2 Å². The first-order valence-corrected chi connectivity index (χ1v) is 3.43. The summed E-state index contributed by atoms with van der Waals surface area (Å²) in [6.07, 6.45) is -1.02. The summed E-state index contributed by atoms with van der Waals surface area (Å²) in [5.41, 5.74) is -0.987. The minimum absolute atomic E-state index is 0.0819. The van der Waals surface area contributed by atoms with E-state index in [1.54, 1.807) is 0 Å². The van der Waals surface area contributed by atoms with Gasteiger partial charge in [0, 0.05) is 5.56 Å². The number of rotatable bonds is 2. The molecule has 0 saturated heterocycles. The van der Waals surface area contributed by atoms with Gasteiger partial charge in [-0.15, -0.1) is 0 Å². The molecule has 0 fully saturated rings. The molecule has 0 aliphatic carbocycles. The van der Waals surface area contributed by atoms with Gasteiger partial charge >= 0.3 is 6.18 Å². The van der Waals surface area contributed by atoms with Crippen molar-refractivity contribution < 1.29 is 18.3 Å². The van der Waals surface area contributed by atoms with Gasteiger partial charge in [0.2, 0.25) is 0 Å². The first-order valence-electron chi connectivity index (χ1n) is 3.43. The van der Waals surface area contributed by atoms with E-state index in [1.807, 2.05) is 5.10 Å². The molecular formula is C7H7F3N2O. The number of nitrogens with zero attached hydrogens (tertiary/aromatic N) is 1. The zero-order valence-electron chi connectivity index (χ0n) is 6.47. The van der Waals surface area contributed by atoms with Crippen LogP contribution in [0.15, 0.2) is 12.3 Å². The molecule has 3 nitrogen and oxygen atoms in total. The molecule has 2 N–H and O–H groups in total. The lowest BCUT2D eigenvalue weighted by Crippen LogP contribution is -2.07. The first-order chi connectivity index (χ1) is 6.05. The van der Waals surface area contributed by atoms with Crippen molar-refractivity contribution >= 4 is 6.08 Å². The Kier molecular flexibility index (Phi) is 2.72. The fourth-order valence-electron chi connectivity index (χ4n) is 0.829. The highest BCUT2D eigenvalue weighted by molar-refractivity contribution is 5.51. The van der Waals surface area contributed by atoms with Gasteiger partial charge in [-0.3, -0.25) is 5.10 Å². The Balaban J connectivity index is 2.96. The van der Waals surface area contributed by atoms with Gasteiger partial charge < -0.3 is 5.11 Å². The van der Waals surface area contributed by atoms with E-state index in [1.165, 1.54) is 6.08 Å². The second kappa shape index (κ2) is 3.61. The number of hydrogen-bond donors (Lipinski definition) is 2. The lowest BCUT2D eigenvalue weighted by atomic mass is 10.2. The maximum absolute atomic E-state index is 12.1. The number of aromatic nitrogens is 2. The third-order valence-corrected chi connectivity index (χ3v) is 1.35. The van der Waals surface area contributed by atoms with Gasteiger partial charge in [-0.1, -0.05) is 12.2 Å². The highest BCUT2D eigenvalue weighted by Gasteiger charge is 2.34. The monoisotopic (exact) mass is 192 g/mol. The second-order valence-electron chi connectivity index (χ2n) is 2.28. The number of aliphatic hydroxyl groups is 1. The van der Waals surface area contributed by atoms with Crippen LogP contribution < -0.4 is 0 Å². The first kappa shape index (κ1) is 9.79. The molecular weight excluding hydrogens is 185 g/mol. The summed E-state index contributed by atoms with van der Waals surface area (Å²) < 4.78 is 36.4. The van der Waals surface area contributed by atoms with Gasteiger partial charge in [0.25, 0.3) is 0 Å². The predicted octanol–water partition coefficient (Wildman–Crippen LogP) is 1.43. The maximum Gasteiger partial charge on any atom is 0.433 e. The van der Waals surface area contributed by atoms with Gasteiger partial charge in [0.05, 0.1) is 12.8 Å². The van der Waals surface area contributed by atoms with Crippen LogP contribution in [0.3, 0.4) is 0 Å². The van der Waals surface area contributed by atoms with Crippen LogP contribution in [0, 0.1) is 0 Å². The summed E-state index contributed by atoms with van der Waals surface area (Å²) in [6, 6.07) is 0. The highest BCUT2D eigenvalue weighted by atomic mass is 19.4. The van der Waals surface area contributed by atoms with Gasteiger partial charge in [0.1, 0.15) is 5.69 Å². The normalized spacial score (nSPS) is 12.6. The molecule has 0 radical (unpaired) electrons. The molecule has 0 aromatic carbocycles. The molecule has 0 spiro atoms. The van der Waals surface area contributed by atoms with Crippen molar-refractivity contribution in [2.75, 3.05) is 6.61 Å². The van der Waals surface area contributed by atoms with E-state index in [0.29, 0.717) is 0 Å². The van der Waals surface area contributed by atoms with E-state index >= 15 is 0 Å². The summed E-state index contributed by atoms with van der Waals surface area (Å²) >= 11 is 0. The van der Waals surface area contributed by atoms with Crippen molar-refractivity contribution in [2.24, 2.45) is 0 Å². The molecule has 0 aliphatic rings. The van der Waals surface area contributed by atoms with Crippen LogP contribution in [0.2, 0.25) is 0 Å². The quantitative estimate of drug-likeness (QED) is 0.744. The van der Waals surface area contributed by atoms with Crippen molar-refractivity contribution in [3.63, 3.8) is 0 Å². The van der Waals surface area contributed by atoms with E-state index in [0.717, 1.165) is 12.3 Å². The van der Waals surface area contributed by atoms with Crippen molar-refractivity contribution in [3.05, 3.63) is 23.5 Å². The fraction of sp³-hybridized carbons (Fsp3) is 0.286. The summed E-state index contributed by atoms with van der Waals surface area (Å²) in [5, 5.41) is 13.5. The van der Waals surface area contributed by atoms with Crippen molar-refractivity contribution in [1.82, 2.24) is 10.2 Å². The summed E-state index contributed by atoms with van der Waals surface area (Å²) in [6.45, 7) is -0.303. The Morgan fingerprint density at radius 2 is 2.23 bits per heavy atom. The lowest BCUT2D eigenvalue weighted by molar-refractivity contribution is -0.141. The van der Waals surface area contributed by atoms with Gasteiger partial charge in [-0.25, -0.2) is 0 Å². The Bertz CT molecular complexity index is 303. The van der Waals surface area contributed by atoms with Gasteiger partial charge in [-0.05, 0) is 0 Å². The molecule has 0 bridgehead atoms. The molecule has 0 atom stereocenters. The largest absolute Gasteiger partial charge is 0.433 e. The molecule has 0 saturated carbocycles. The molecule has 72 valence electrons. The molecule has 0 aliphatic heterocycles. The lowest BCUT2D eigenvalue weighted by Gasteiger charge is -2.03. The van der Waals surface area contributed by atoms with Crippen LogP contribution in [0.25, 0.3) is 6.08 Å². The molecule has 1 aromatic heterocycles. The highest BCUT2D eigenvalue weighted by Crippen LogP contribution is 2.30. The standard InChI is InChI=1S/C7H7F3N2O/c8-7(9,10)6-5(2-1-3-13)4-11-12-6/h1-2,4,13H,3H2,(H,11,12)/b2-1+. The molecule has 1 aromatic rings. The van der Waals surface area contributed by atoms with E-state index in [4.69, 9.17) is 5.11 Å². The van der Waals surface area contributed by atoms with Crippen LogP contribution in [0.4, 0.5) is 13.2 Å². The fourth-order valence-corrected chi connectivity index (χ4v) is 0.829. The SMILES string of the molecule is OC/C=C/c1cn[nH]c1C(F)(F)F. The Morgan fingerprint density at radius 1 is 1.54 bits per heavy atom. The van der Waals surface area contributed by atoms with Gasteiger partial charge in [-0.2, -0.15) is 18.3 Å². The Labute approximate surface area is 71.9 Å². The average Bonchev–Trinajstić information content (AvgIpc) is 2.47. The number of aliphatic hydroxyl groups excluding tert-OH is 1. The summed E-state index contributed by atoms with van der Waals surface area (Å²) in [5.74, 6) is 0. The number of aromatic amines is 1. The van der Waals surface area contributed by atoms with Crippen LogP contribution in [-0.4, -0.2) is 21.9 Å². The molecule has 1 rings (SSSR count). The van der Waals surface area contributed by atoms with Crippen molar-refractivity contribution in [1.29, 1.82) is 0 Å². The average molecular weight is 192 g/mol. The van der Waals surface area contributed by atoms with Crippen molar-refractivity contribution in [2.45, 2.75) is 6.18 Å². The van der Waals surface area contributed by atoms with Crippen molar-refractivity contribution in [3.8, 4) is 0 Å². The van der Waals surface area contributed by atoms with E-state index < -0.39 is 11.9 Å².